The van der Waals surface area contributed by atoms with Gasteiger partial charge in [0, 0.05) is 24.7 Å². The van der Waals surface area contributed by atoms with Crippen LogP contribution in [0.15, 0.2) is 24.8 Å². The number of hydrogen-bond donors (Lipinski definition) is 1. The molecule has 0 spiro atoms. The van der Waals surface area contributed by atoms with Gasteiger partial charge >= 0.3 is 0 Å². The van der Waals surface area contributed by atoms with Crippen LogP contribution in [-0.4, -0.2) is 51.1 Å². The average molecular weight is 334 g/mol. The van der Waals surface area contributed by atoms with Gasteiger partial charge in [-0.25, -0.2) is 18.4 Å². The monoisotopic (exact) mass is 334 g/mol. The molecule has 0 amide bonds. The number of fused-ring (bicyclic) bond motifs is 3. The fraction of sp³-hybridized carbons (Fsp3) is 0.467. The highest BCUT2D eigenvalue weighted by molar-refractivity contribution is 7.89. The largest absolute Gasteiger partial charge is 0.346 e. The fourth-order valence-corrected chi connectivity index (χ4v) is 4.86. The molecule has 0 bridgehead atoms. The van der Waals surface area contributed by atoms with E-state index >= 15 is 0 Å². The zero-order chi connectivity index (χ0) is 16.9. The number of imidazole rings is 1. The highest BCUT2D eigenvalue weighted by Crippen LogP contribution is 2.30. The predicted octanol–water partition coefficient (Wildman–Crippen LogP) is 1.90. The zero-order valence-corrected chi connectivity index (χ0v) is 13.7. The van der Waals surface area contributed by atoms with Crippen molar-refractivity contribution in [3.63, 3.8) is 0 Å². The molecule has 1 unspecified atom stereocenters. The molecule has 0 aromatic carbocycles. The lowest BCUT2D eigenvalue weighted by Gasteiger charge is -2.17. The van der Waals surface area contributed by atoms with Crippen LogP contribution in [0, 0.1) is 0 Å². The molecule has 0 saturated carbocycles. The van der Waals surface area contributed by atoms with Gasteiger partial charge < -0.3 is 9.55 Å². The first-order chi connectivity index (χ1) is 11.5. The van der Waals surface area contributed by atoms with Crippen LogP contribution in [0.1, 0.15) is 27.2 Å². The standard InChI is InChI=1S/C15H19N5O2S/c1-2-7-23(21,22)19-6-4-11(9-19)20-10-18-13-8-17-15-12(14(13)20)3-5-16-15/h3,5,8,10-11H,2,4,6-7,9H2,1H3,(H,16,17)/i10D. The molecular weight excluding hydrogens is 314 g/mol. The summed E-state index contributed by atoms with van der Waals surface area (Å²) in [7, 11) is -3.21. The molecule has 0 radical (unpaired) electrons. The molecule has 1 aliphatic heterocycles. The Morgan fingerprint density at radius 2 is 2.35 bits per heavy atom. The summed E-state index contributed by atoms with van der Waals surface area (Å²) in [4.78, 5) is 11.7. The number of nitrogens with one attached hydrogen (secondary N) is 1. The Morgan fingerprint density at radius 1 is 1.48 bits per heavy atom. The third-order valence-electron chi connectivity index (χ3n) is 4.40. The van der Waals surface area contributed by atoms with Crippen LogP contribution in [0.2, 0.25) is 0 Å². The summed E-state index contributed by atoms with van der Waals surface area (Å²) >= 11 is 0. The van der Waals surface area contributed by atoms with Gasteiger partial charge in [-0.2, -0.15) is 4.31 Å². The van der Waals surface area contributed by atoms with Crippen molar-refractivity contribution < 1.29 is 9.79 Å². The minimum Gasteiger partial charge on any atom is -0.346 e. The van der Waals surface area contributed by atoms with Crippen LogP contribution in [0.4, 0.5) is 0 Å². The maximum absolute atomic E-state index is 12.3. The van der Waals surface area contributed by atoms with Crippen molar-refractivity contribution in [3.8, 4) is 0 Å². The normalized spacial score (nSPS) is 20.6. The SMILES string of the molecule is [2H]c1nc2cnc3[nH]ccc3c2n1C1CCN(S(=O)(=O)CCC)C1. The summed E-state index contributed by atoms with van der Waals surface area (Å²) < 4.78 is 36.3. The van der Waals surface area contributed by atoms with Crippen molar-refractivity contribution in [3.05, 3.63) is 24.8 Å². The Balaban J connectivity index is 1.78. The molecule has 7 nitrogen and oxygen atoms in total. The van der Waals surface area contributed by atoms with Gasteiger partial charge in [-0.3, -0.25) is 0 Å². The molecule has 122 valence electrons. The number of rotatable bonds is 4. The van der Waals surface area contributed by atoms with Gasteiger partial charge in [-0.05, 0) is 18.9 Å². The molecule has 4 rings (SSSR count). The van der Waals surface area contributed by atoms with Gasteiger partial charge in [0.2, 0.25) is 10.0 Å². The molecule has 23 heavy (non-hydrogen) atoms. The van der Waals surface area contributed by atoms with Gasteiger partial charge in [0.15, 0.2) is 0 Å². The molecule has 1 fully saturated rings. The summed E-state index contributed by atoms with van der Waals surface area (Å²) in [5.74, 6) is 0.171. The van der Waals surface area contributed by atoms with Crippen LogP contribution >= 0.6 is 0 Å². The van der Waals surface area contributed by atoms with E-state index in [1.165, 1.54) is 0 Å². The van der Waals surface area contributed by atoms with E-state index in [9.17, 15) is 8.42 Å². The van der Waals surface area contributed by atoms with Crippen molar-refractivity contribution in [1.82, 2.24) is 23.8 Å². The second-order valence-electron chi connectivity index (χ2n) is 5.93. The lowest BCUT2D eigenvalue weighted by atomic mass is 10.2. The van der Waals surface area contributed by atoms with Gasteiger partial charge in [0.05, 0.1) is 29.8 Å². The third-order valence-corrected chi connectivity index (χ3v) is 6.45. The number of hydrogen-bond acceptors (Lipinski definition) is 4. The molecule has 4 heterocycles. The minimum absolute atomic E-state index is 0.0744. The second kappa shape index (κ2) is 5.31. The topological polar surface area (TPSA) is 83.9 Å². The van der Waals surface area contributed by atoms with E-state index < -0.39 is 10.0 Å². The smallest absolute Gasteiger partial charge is 0.214 e. The molecule has 8 heteroatoms. The number of pyridine rings is 1. The minimum atomic E-state index is -3.21. The fourth-order valence-electron chi connectivity index (χ4n) is 3.30. The number of sulfonamides is 1. The van der Waals surface area contributed by atoms with E-state index in [0.717, 1.165) is 16.6 Å². The number of aromatic amines is 1. The van der Waals surface area contributed by atoms with E-state index in [2.05, 4.69) is 15.0 Å². The van der Waals surface area contributed by atoms with Crippen LogP contribution in [0.5, 0.6) is 0 Å². The van der Waals surface area contributed by atoms with E-state index in [0.29, 0.717) is 31.4 Å². The summed E-state index contributed by atoms with van der Waals surface area (Å²) in [6, 6.07) is 1.85. The maximum Gasteiger partial charge on any atom is 0.214 e. The Labute approximate surface area is 135 Å². The van der Waals surface area contributed by atoms with Crippen molar-refractivity contribution in [2.75, 3.05) is 18.8 Å². The molecular formula is C15H19N5O2S. The van der Waals surface area contributed by atoms with Crippen LogP contribution < -0.4 is 0 Å². The number of H-pyrrole nitrogens is 1. The van der Waals surface area contributed by atoms with Crippen LogP contribution in [0.3, 0.4) is 0 Å². The van der Waals surface area contributed by atoms with Gasteiger partial charge in [-0.1, -0.05) is 6.92 Å². The van der Waals surface area contributed by atoms with E-state index in [4.69, 9.17) is 1.37 Å². The molecule has 1 saturated heterocycles. The summed E-state index contributed by atoms with van der Waals surface area (Å²) in [5, 5.41) is 0.911. The molecule has 1 aliphatic rings. The predicted molar refractivity (Wildman–Crippen MR) is 88.7 cm³/mol. The van der Waals surface area contributed by atoms with Crippen molar-refractivity contribution in [2.24, 2.45) is 0 Å². The lowest BCUT2D eigenvalue weighted by Crippen LogP contribution is -2.31. The Morgan fingerprint density at radius 3 is 3.17 bits per heavy atom. The summed E-state index contributed by atoms with van der Waals surface area (Å²) in [6.07, 6.45) is 4.92. The van der Waals surface area contributed by atoms with Gasteiger partial charge in [0.1, 0.15) is 12.5 Å². The Hall–Kier alpha value is -1.93. The van der Waals surface area contributed by atoms with Crippen LogP contribution in [-0.2, 0) is 10.0 Å². The third kappa shape index (κ3) is 2.33. The summed E-state index contributed by atoms with van der Waals surface area (Å²) in [6.45, 7) is 2.76. The van der Waals surface area contributed by atoms with E-state index in [1.54, 1.807) is 10.5 Å². The average Bonchev–Trinajstić information content (AvgIpc) is 3.23. The first kappa shape index (κ1) is 13.5. The van der Waals surface area contributed by atoms with Crippen molar-refractivity contribution in [2.45, 2.75) is 25.8 Å². The highest BCUT2D eigenvalue weighted by Gasteiger charge is 2.32. The Kier molecular flexibility index (Phi) is 3.12. The summed E-state index contributed by atoms with van der Waals surface area (Å²) in [5.41, 5.74) is 2.27. The quantitative estimate of drug-likeness (QED) is 0.790. The molecule has 1 N–H and O–H groups in total. The number of nitrogens with zero attached hydrogens (tertiary/aromatic N) is 4. The van der Waals surface area contributed by atoms with Crippen molar-refractivity contribution in [1.29, 1.82) is 0 Å². The van der Waals surface area contributed by atoms with Gasteiger partial charge in [-0.15, -0.1) is 0 Å². The van der Waals surface area contributed by atoms with Crippen molar-refractivity contribution >= 4 is 32.1 Å². The van der Waals surface area contributed by atoms with Crippen LogP contribution in [0.25, 0.3) is 22.1 Å². The molecule has 1 atom stereocenters. The van der Waals surface area contributed by atoms with E-state index in [1.807, 2.05) is 23.8 Å². The number of aromatic nitrogens is 4. The highest BCUT2D eigenvalue weighted by atomic mass is 32.2. The lowest BCUT2D eigenvalue weighted by molar-refractivity contribution is 0.454. The first-order valence-electron chi connectivity index (χ1n) is 8.29. The maximum atomic E-state index is 12.3. The zero-order valence-electron chi connectivity index (χ0n) is 13.9. The molecule has 0 aliphatic carbocycles. The molecule has 3 aromatic rings. The molecule has 3 aromatic heterocycles. The Bertz CT molecular complexity index is 1010. The first-order valence-corrected chi connectivity index (χ1v) is 9.40. The van der Waals surface area contributed by atoms with E-state index in [-0.39, 0.29) is 18.1 Å². The van der Waals surface area contributed by atoms with Gasteiger partial charge in [0.25, 0.3) is 0 Å². The second-order valence-corrected chi connectivity index (χ2v) is 8.02.